The van der Waals surface area contributed by atoms with Gasteiger partial charge in [-0.2, -0.15) is 0 Å². The number of rotatable bonds is 5. The fourth-order valence-electron chi connectivity index (χ4n) is 5.57. The quantitative estimate of drug-likeness (QED) is 0.725. The number of nitrogens with one attached hydrogen (secondary N) is 2. The highest BCUT2D eigenvalue weighted by Crippen LogP contribution is 2.36. The summed E-state index contributed by atoms with van der Waals surface area (Å²) < 4.78 is 6.47. The Bertz CT molecular complexity index is 968. The third kappa shape index (κ3) is 4.56. The number of para-hydroxylation sites is 1. The van der Waals surface area contributed by atoms with E-state index in [2.05, 4.69) is 10.6 Å². The fourth-order valence-corrected chi connectivity index (χ4v) is 5.57. The van der Waals surface area contributed by atoms with Gasteiger partial charge in [-0.05, 0) is 63.6 Å². The zero-order chi connectivity index (χ0) is 22.7. The van der Waals surface area contributed by atoms with E-state index in [1.54, 1.807) is 0 Å². The first kappa shape index (κ1) is 22.1. The third-order valence-electron chi connectivity index (χ3n) is 7.38. The molecule has 3 aliphatic rings. The van der Waals surface area contributed by atoms with Gasteiger partial charge in [-0.25, -0.2) is 9.97 Å². The largest absolute Gasteiger partial charge is 0.477 e. The van der Waals surface area contributed by atoms with Crippen LogP contribution in [-0.4, -0.2) is 53.1 Å². The summed E-state index contributed by atoms with van der Waals surface area (Å²) in [4.78, 5) is 25.8. The van der Waals surface area contributed by atoms with E-state index in [9.17, 15) is 4.79 Å². The van der Waals surface area contributed by atoms with E-state index in [0.29, 0.717) is 19.0 Å². The third-order valence-corrected chi connectivity index (χ3v) is 7.38. The Labute approximate surface area is 196 Å². The summed E-state index contributed by atoms with van der Waals surface area (Å²) >= 11 is 0. The van der Waals surface area contributed by atoms with Gasteiger partial charge in [0, 0.05) is 31.6 Å². The predicted octanol–water partition coefficient (Wildman–Crippen LogP) is 3.65. The lowest BCUT2D eigenvalue weighted by Crippen LogP contribution is -2.55. The molecule has 0 spiro atoms. The van der Waals surface area contributed by atoms with Crippen LogP contribution in [0, 0.1) is 0 Å². The minimum absolute atomic E-state index is 0.113. The first-order valence-corrected chi connectivity index (χ1v) is 12.5. The highest BCUT2D eigenvalue weighted by atomic mass is 16.5. The van der Waals surface area contributed by atoms with E-state index in [-0.39, 0.29) is 5.91 Å². The smallest absolute Gasteiger partial charge is 0.267 e. The topological polar surface area (TPSA) is 79.4 Å². The summed E-state index contributed by atoms with van der Waals surface area (Å²) in [6, 6.07) is 9.80. The van der Waals surface area contributed by atoms with Crippen molar-refractivity contribution in [1.29, 1.82) is 0 Å². The number of piperidine rings is 1. The lowest BCUT2D eigenvalue weighted by Gasteiger charge is -2.41. The lowest BCUT2D eigenvalue weighted by molar-refractivity contribution is -0.152. The molecule has 7 nitrogen and oxygen atoms in total. The number of ether oxygens (including phenoxy) is 1. The molecule has 0 bridgehead atoms. The van der Waals surface area contributed by atoms with Crippen molar-refractivity contribution in [2.45, 2.75) is 69.4 Å². The Kier molecular flexibility index (Phi) is 6.49. The van der Waals surface area contributed by atoms with Gasteiger partial charge in [0.2, 0.25) is 0 Å². The van der Waals surface area contributed by atoms with Crippen molar-refractivity contribution in [2.24, 2.45) is 0 Å². The fraction of sp³-hybridized carbons (Fsp3) is 0.577. The number of anilines is 1. The zero-order valence-corrected chi connectivity index (χ0v) is 19.6. The van der Waals surface area contributed by atoms with Gasteiger partial charge in [0.1, 0.15) is 17.4 Å². The lowest BCUT2D eigenvalue weighted by atomic mass is 9.83. The SMILES string of the molecule is CNc1nc([C@@H]2CCCNC2)nc2c1CCN(C(=O)C1(Oc3ccccc3)CCCCC1)C2. The van der Waals surface area contributed by atoms with Crippen molar-refractivity contribution >= 4 is 11.7 Å². The summed E-state index contributed by atoms with van der Waals surface area (Å²) in [5.74, 6) is 3.03. The molecule has 0 unspecified atom stereocenters. The second-order valence-corrected chi connectivity index (χ2v) is 9.60. The second-order valence-electron chi connectivity index (χ2n) is 9.60. The monoisotopic (exact) mass is 449 g/mol. The number of aromatic nitrogens is 2. The highest BCUT2D eigenvalue weighted by Gasteiger charge is 2.45. The van der Waals surface area contributed by atoms with E-state index in [1.807, 2.05) is 42.3 Å². The van der Waals surface area contributed by atoms with Crippen molar-refractivity contribution in [3.8, 4) is 5.75 Å². The maximum Gasteiger partial charge on any atom is 0.267 e. The molecule has 2 fully saturated rings. The summed E-state index contributed by atoms with van der Waals surface area (Å²) in [5.41, 5.74) is 1.36. The predicted molar refractivity (Wildman–Crippen MR) is 128 cm³/mol. The van der Waals surface area contributed by atoms with Crippen LogP contribution in [0.3, 0.4) is 0 Å². The van der Waals surface area contributed by atoms with Crippen molar-refractivity contribution < 1.29 is 9.53 Å². The average Bonchev–Trinajstić information content (AvgIpc) is 2.89. The van der Waals surface area contributed by atoms with Crippen molar-refractivity contribution in [1.82, 2.24) is 20.2 Å². The maximum atomic E-state index is 14.0. The van der Waals surface area contributed by atoms with Crippen LogP contribution in [0.15, 0.2) is 30.3 Å². The normalized spacial score (nSPS) is 22.3. The molecule has 2 aromatic rings. The van der Waals surface area contributed by atoms with Gasteiger partial charge in [0.15, 0.2) is 5.60 Å². The number of carbonyl (C=O) groups excluding carboxylic acids is 1. The molecule has 1 aliphatic carbocycles. The molecule has 1 aromatic heterocycles. The van der Waals surface area contributed by atoms with Crippen LogP contribution in [0.1, 0.15) is 67.9 Å². The molecule has 2 N–H and O–H groups in total. The molecule has 5 rings (SSSR count). The number of fused-ring (bicyclic) bond motifs is 1. The summed E-state index contributed by atoms with van der Waals surface area (Å²) in [6.07, 6.45) is 7.76. The first-order chi connectivity index (χ1) is 16.2. The van der Waals surface area contributed by atoms with Gasteiger partial charge >= 0.3 is 0 Å². The molecule has 1 atom stereocenters. The van der Waals surface area contributed by atoms with Crippen molar-refractivity contribution in [3.63, 3.8) is 0 Å². The van der Waals surface area contributed by atoms with Gasteiger partial charge in [0.05, 0.1) is 12.2 Å². The van der Waals surface area contributed by atoms with E-state index in [1.165, 1.54) is 0 Å². The molecule has 1 saturated carbocycles. The number of nitrogens with zero attached hydrogens (tertiary/aromatic N) is 3. The van der Waals surface area contributed by atoms with Crippen LogP contribution >= 0.6 is 0 Å². The Hall–Kier alpha value is -2.67. The average molecular weight is 450 g/mol. The summed E-state index contributed by atoms with van der Waals surface area (Å²) in [7, 11) is 1.92. The number of amides is 1. The molecule has 1 saturated heterocycles. The van der Waals surface area contributed by atoms with Crippen LogP contribution < -0.4 is 15.4 Å². The van der Waals surface area contributed by atoms with Crippen LogP contribution in [0.2, 0.25) is 0 Å². The molecule has 1 aromatic carbocycles. The van der Waals surface area contributed by atoms with E-state index in [0.717, 1.165) is 93.1 Å². The molecular formula is C26H35N5O2. The second kappa shape index (κ2) is 9.67. The van der Waals surface area contributed by atoms with Gasteiger partial charge in [-0.15, -0.1) is 0 Å². The molecule has 7 heteroatoms. The number of carbonyl (C=O) groups is 1. The number of benzene rings is 1. The molecule has 33 heavy (non-hydrogen) atoms. The Balaban J connectivity index is 1.41. The number of hydrogen-bond acceptors (Lipinski definition) is 6. The van der Waals surface area contributed by atoms with Gasteiger partial charge in [0.25, 0.3) is 5.91 Å². The van der Waals surface area contributed by atoms with Crippen molar-refractivity contribution in [2.75, 3.05) is 32.0 Å². The van der Waals surface area contributed by atoms with E-state index >= 15 is 0 Å². The highest BCUT2D eigenvalue weighted by molar-refractivity contribution is 5.86. The molecule has 2 aliphatic heterocycles. The summed E-state index contributed by atoms with van der Waals surface area (Å²) in [6.45, 7) is 3.18. The van der Waals surface area contributed by atoms with Crippen LogP contribution in [0.25, 0.3) is 0 Å². The molecule has 0 radical (unpaired) electrons. The van der Waals surface area contributed by atoms with Gasteiger partial charge in [-0.3, -0.25) is 4.79 Å². The Morgan fingerprint density at radius 3 is 2.70 bits per heavy atom. The van der Waals surface area contributed by atoms with E-state index < -0.39 is 5.60 Å². The zero-order valence-electron chi connectivity index (χ0n) is 19.6. The van der Waals surface area contributed by atoms with E-state index in [4.69, 9.17) is 14.7 Å². The standard InChI is InChI=1S/C26H35N5O2/c1-27-24-21-12-16-31(18-22(21)29-23(30-24)19-9-8-15-28-17-19)25(32)26(13-6-3-7-14-26)33-20-10-4-2-5-11-20/h2,4-5,10-11,19,28H,3,6-9,12-18H2,1H3,(H,27,29,30)/t19-/m1/s1. The molecular weight excluding hydrogens is 414 g/mol. The minimum atomic E-state index is -0.772. The Morgan fingerprint density at radius 2 is 1.97 bits per heavy atom. The molecule has 3 heterocycles. The number of hydrogen-bond donors (Lipinski definition) is 2. The van der Waals surface area contributed by atoms with Gasteiger partial charge in [-0.1, -0.05) is 24.6 Å². The molecule has 1 amide bonds. The maximum absolute atomic E-state index is 14.0. The summed E-state index contributed by atoms with van der Waals surface area (Å²) in [5, 5.41) is 6.75. The van der Waals surface area contributed by atoms with Crippen LogP contribution in [0.4, 0.5) is 5.82 Å². The van der Waals surface area contributed by atoms with Crippen LogP contribution in [-0.2, 0) is 17.8 Å². The molecule has 176 valence electrons. The Morgan fingerprint density at radius 1 is 1.15 bits per heavy atom. The first-order valence-electron chi connectivity index (χ1n) is 12.5. The minimum Gasteiger partial charge on any atom is -0.477 e. The van der Waals surface area contributed by atoms with Gasteiger partial charge < -0.3 is 20.3 Å². The van der Waals surface area contributed by atoms with Crippen molar-refractivity contribution in [3.05, 3.63) is 47.4 Å². The van der Waals surface area contributed by atoms with Crippen LogP contribution in [0.5, 0.6) is 5.75 Å².